The summed E-state index contributed by atoms with van der Waals surface area (Å²) in [5.74, 6) is 2.40. The van der Waals surface area contributed by atoms with E-state index >= 15 is 0 Å². The third-order valence-corrected chi connectivity index (χ3v) is 13.0. The van der Waals surface area contributed by atoms with Crippen LogP contribution in [0.3, 0.4) is 0 Å². The summed E-state index contributed by atoms with van der Waals surface area (Å²) in [6.07, 6.45) is 14.9. The molecule has 8 bridgehead atoms. The third kappa shape index (κ3) is 7.98. The molecule has 0 aromatic carbocycles. The van der Waals surface area contributed by atoms with E-state index in [1.807, 2.05) is 0 Å². The Balaban J connectivity index is 0.000000191. The molecule has 0 N–H and O–H groups in total. The minimum atomic E-state index is -0.581. The van der Waals surface area contributed by atoms with E-state index in [4.69, 9.17) is 18.9 Å². The van der Waals surface area contributed by atoms with Crippen LogP contribution in [-0.4, -0.2) is 48.3 Å². The van der Waals surface area contributed by atoms with Gasteiger partial charge in [-0.3, -0.25) is 0 Å². The molecule has 8 aliphatic carbocycles. The second kappa shape index (κ2) is 14.2. The van der Waals surface area contributed by atoms with Gasteiger partial charge in [-0.15, -0.1) is 0 Å². The quantitative estimate of drug-likeness (QED) is 0.115. The second-order valence-electron chi connectivity index (χ2n) is 18.5. The largest absolute Gasteiger partial charge is 0.456 e. The van der Waals surface area contributed by atoms with Crippen LogP contribution in [-0.2, 0) is 38.1 Å². The van der Waals surface area contributed by atoms with Gasteiger partial charge in [0, 0.05) is 11.6 Å². The van der Waals surface area contributed by atoms with Crippen LogP contribution in [0, 0.1) is 58.2 Å². The summed E-state index contributed by atoms with van der Waals surface area (Å²) in [5.41, 5.74) is 0.431. The molecule has 8 fully saturated rings. The third-order valence-electron chi connectivity index (χ3n) is 13.0. The van der Waals surface area contributed by atoms with Crippen LogP contribution in [0.25, 0.3) is 0 Å². The zero-order valence-electron chi connectivity index (χ0n) is 31.3. The molecule has 4 atom stereocenters. The average molecular weight is 683 g/mol. The molecule has 0 radical (unpaired) electrons. The number of esters is 4. The molecule has 49 heavy (non-hydrogen) atoms. The predicted molar refractivity (Wildman–Crippen MR) is 187 cm³/mol. The first-order valence-corrected chi connectivity index (χ1v) is 19.0. The van der Waals surface area contributed by atoms with Crippen molar-refractivity contribution in [2.45, 2.75) is 137 Å². The van der Waals surface area contributed by atoms with Gasteiger partial charge in [0.15, 0.2) is 13.2 Å². The van der Waals surface area contributed by atoms with Gasteiger partial charge in [0.2, 0.25) is 0 Å². The molecule has 4 unspecified atom stereocenters. The summed E-state index contributed by atoms with van der Waals surface area (Å²) in [6.45, 7) is 21.4. The molecule has 8 heteroatoms. The van der Waals surface area contributed by atoms with Gasteiger partial charge >= 0.3 is 23.9 Å². The van der Waals surface area contributed by atoms with E-state index in [1.165, 1.54) is 38.5 Å². The summed E-state index contributed by atoms with van der Waals surface area (Å²) in [4.78, 5) is 47.6. The van der Waals surface area contributed by atoms with Gasteiger partial charge in [0.25, 0.3) is 0 Å². The summed E-state index contributed by atoms with van der Waals surface area (Å²) >= 11 is 0. The van der Waals surface area contributed by atoms with Crippen LogP contribution in [0.15, 0.2) is 24.8 Å². The van der Waals surface area contributed by atoms with Crippen molar-refractivity contribution in [2.24, 2.45) is 58.2 Å². The smallest absolute Gasteiger partial charge is 0.344 e. The molecule has 8 aliphatic rings. The Kier molecular flexibility index (Phi) is 10.9. The van der Waals surface area contributed by atoms with E-state index < -0.39 is 23.9 Å². The highest BCUT2D eigenvalue weighted by Crippen LogP contribution is 2.67. The molecule has 0 amide bonds. The van der Waals surface area contributed by atoms with Gasteiger partial charge in [-0.1, -0.05) is 54.7 Å². The van der Waals surface area contributed by atoms with Crippen LogP contribution in [0.2, 0.25) is 0 Å². The first-order valence-electron chi connectivity index (χ1n) is 19.0. The highest BCUT2D eigenvalue weighted by atomic mass is 16.6. The maximum Gasteiger partial charge on any atom is 0.344 e. The topological polar surface area (TPSA) is 105 Å². The maximum atomic E-state index is 12.5. The number of ether oxygens (including phenoxy) is 4. The Hall–Kier alpha value is -2.64. The Bertz CT molecular complexity index is 1280. The van der Waals surface area contributed by atoms with E-state index in [2.05, 4.69) is 54.7 Å². The fourth-order valence-electron chi connectivity index (χ4n) is 12.2. The molecular formula is C41H62O8. The Labute approximate surface area is 294 Å². The second-order valence-corrected chi connectivity index (χ2v) is 18.5. The summed E-state index contributed by atoms with van der Waals surface area (Å²) in [7, 11) is 0. The highest BCUT2D eigenvalue weighted by Gasteiger charge is 2.64. The lowest BCUT2D eigenvalue weighted by Gasteiger charge is -2.64. The Morgan fingerprint density at radius 3 is 1.35 bits per heavy atom. The van der Waals surface area contributed by atoms with Crippen molar-refractivity contribution in [3.63, 3.8) is 0 Å². The zero-order valence-corrected chi connectivity index (χ0v) is 31.3. The van der Waals surface area contributed by atoms with Crippen molar-refractivity contribution in [3.05, 3.63) is 24.8 Å². The molecule has 0 aromatic heterocycles. The Morgan fingerprint density at radius 2 is 1.04 bits per heavy atom. The number of carbonyl (C=O) groups excluding carboxylic acids is 4. The van der Waals surface area contributed by atoms with Crippen molar-refractivity contribution in [1.29, 1.82) is 0 Å². The predicted octanol–water partition coefficient (Wildman–Crippen LogP) is 8.17. The van der Waals surface area contributed by atoms with Gasteiger partial charge < -0.3 is 18.9 Å². The number of rotatable bonds is 12. The zero-order chi connectivity index (χ0) is 35.9. The van der Waals surface area contributed by atoms with Crippen molar-refractivity contribution < 1.29 is 38.1 Å². The molecule has 274 valence electrons. The van der Waals surface area contributed by atoms with Gasteiger partial charge in [-0.05, 0) is 142 Å². The van der Waals surface area contributed by atoms with Crippen LogP contribution in [0.5, 0.6) is 0 Å². The molecular weight excluding hydrogens is 620 g/mol. The monoisotopic (exact) mass is 682 g/mol. The molecule has 8 rings (SSSR count). The lowest BCUT2D eigenvalue weighted by molar-refractivity contribution is -0.230. The van der Waals surface area contributed by atoms with Crippen molar-refractivity contribution >= 4 is 23.9 Å². The molecule has 0 aromatic rings. The standard InChI is InChI=1S/C21H32O4.C20H30O4/c1-13(2)8-21(25-18(22)12-24-19(23)14(3)4)16-6-15-7-17(21)11-20(5,9-15)10-16;1-5-17(21)23-12-18(22)24-20(8-13(2)3)15-6-14-7-16(20)11-19(4,9-14)10-15/h13,15-17H,3,6-12H2,1-2,4-5H3;5,13-16H,1,6-12H2,2-4H3. The van der Waals surface area contributed by atoms with E-state index in [0.29, 0.717) is 51.9 Å². The lowest BCUT2D eigenvalue weighted by atomic mass is 9.44. The minimum Gasteiger partial charge on any atom is -0.456 e. The van der Waals surface area contributed by atoms with Gasteiger partial charge in [-0.25, -0.2) is 19.2 Å². The fraction of sp³-hybridized carbons (Fsp3) is 0.805. The summed E-state index contributed by atoms with van der Waals surface area (Å²) in [5, 5.41) is 0. The Morgan fingerprint density at radius 1 is 0.673 bits per heavy atom. The molecule has 0 spiro atoms. The van der Waals surface area contributed by atoms with E-state index in [9.17, 15) is 19.2 Å². The normalized spacial score (nSPS) is 39.2. The van der Waals surface area contributed by atoms with Gasteiger partial charge in [-0.2, -0.15) is 0 Å². The average Bonchev–Trinajstić information content (AvgIpc) is 2.98. The van der Waals surface area contributed by atoms with E-state index in [0.717, 1.165) is 56.4 Å². The highest BCUT2D eigenvalue weighted by molar-refractivity contribution is 5.88. The van der Waals surface area contributed by atoms with Crippen LogP contribution < -0.4 is 0 Å². The van der Waals surface area contributed by atoms with Crippen LogP contribution in [0.4, 0.5) is 0 Å². The fourth-order valence-corrected chi connectivity index (χ4v) is 12.2. The number of hydrogen-bond acceptors (Lipinski definition) is 8. The van der Waals surface area contributed by atoms with Crippen LogP contribution in [0.1, 0.15) is 126 Å². The first-order chi connectivity index (χ1) is 22.9. The molecule has 8 saturated carbocycles. The molecule has 0 heterocycles. The first kappa shape index (κ1) is 37.6. The van der Waals surface area contributed by atoms with Crippen LogP contribution >= 0.6 is 0 Å². The van der Waals surface area contributed by atoms with E-state index in [1.54, 1.807) is 6.92 Å². The molecule has 8 nitrogen and oxygen atoms in total. The summed E-state index contributed by atoms with van der Waals surface area (Å²) in [6, 6.07) is 0. The SMILES string of the molecule is C=C(C)C(=O)OCC(=O)OC1(CC(C)C)C2CC3CC1CC(C)(C3)C2.C=CC(=O)OCC(=O)OC1(CC(C)C)C2CC3CC1CC(C)(C3)C2. The van der Waals surface area contributed by atoms with Crippen molar-refractivity contribution in [3.8, 4) is 0 Å². The lowest BCUT2D eigenvalue weighted by Crippen LogP contribution is -2.62. The van der Waals surface area contributed by atoms with Crippen molar-refractivity contribution in [2.75, 3.05) is 13.2 Å². The number of hydrogen-bond donors (Lipinski definition) is 0. The van der Waals surface area contributed by atoms with E-state index in [-0.39, 0.29) is 24.4 Å². The maximum absolute atomic E-state index is 12.5. The van der Waals surface area contributed by atoms with Gasteiger partial charge in [0.1, 0.15) is 11.2 Å². The molecule has 0 aliphatic heterocycles. The van der Waals surface area contributed by atoms with Crippen molar-refractivity contribution in [1.82, 2.24) is 0 Å². The van der Waals surface area contributed by atoms with Gasteiger partial charge in [0.05, 0.1) is 0 Å². The number of carbonyl (C=O) groups is 4. The minimum absolute atomic E-state index is 0.298. The summed E-state index contributed by atoms with van der Waals surface area (Å²) < 4.78 is 22.2. The molecule has 0 saturated heterocycles.